The molecule has 18 heavy (non-hydrogen) atoms. The van der Waals surface area contributed by atoms with Crippen LogP contribution in [0.4, 0.5) is 0 Å². The summed E-state index contributed by atoms with van der Waals surface area (Å²) in [6, 6.07) is 4.78. The first-order valence-electron chi connectivity index (χ1n) is 4.92. The molecule has 7 heteroatoms. The van der Waals surface area contributed by atoms with Gasteiger partial charge in [0.1, 0.15) is 0 Å². The largest absolute Gasteiger partial charge is 0.494 e. The van der Waals surface area contributed by atoms with Crippen LogP contribution in [0, 0.1) is 6.92 Å². The summed E-state index contributed by atoms with van der Waals surface area (Å²) >= 11 is 9.11. The molecule has 2 N–H and O–H groups in total. The number of hydrogen-bond donors (Lipinski definition) is 2. The van der Waals surface area contributed by atoms with Crippen LogP contribution in [-0.4, -0.2) is 14.7 Å². The maximum atomic E-state index is 11.8. The molecule has 1 aromatic heterocycles. The van der Waals surface area contributed by atoms with Crippen molar-refractivity contribution in [3.63, 3.8) is 0 Å². The summed E-state index contributed by atoms with van der Waals surface area (Å²) in [7, 11) is 0. The van der Waals surface area contributed by atoms with Gasteiger partial charge in [0.15, 0.2) is 0 Å². The Bertz CT molecular complexity index is 736. The second kappa shape index (κ2) is 4.62. The minimum absolute atomic E-state index is 0.0569. The molecule has 0 amide bonds. The first-order valence-corrected chi connectivity index (χ1v) is 6.09. The Kier molecular flexibility index (Phi) is 3.32. The first-order chi connectivity index (χ1) is 8.41. The maximum Gasteiger partial charge on any atom is 0.335 e. The van der Waals surface area contributed by atoms with Crippen molar-refractivity contribution in [2.45, 2.75) is 6.92 Å². The predicted octanol–water partition coefficient (Wildman–Crippen LogP) is 1.96. The van der Waals surface area contributed by atoms with E-state index in [2.05, 4.69) is 20.9 Å². The van der Waals surface area contributed by atoms with E-state index < -0.39 is 17.1 Å². The van der Waals surface area contributed by atoms with Crippen molar-refractivity contribution in [3.8, 4) is 11.6 Å². The Morgan fingerprint density at radius 3 is 2.72 bits per heavy atom. The molecule has 0 saturated carbocycles. The number of nitrogens with zero attached hydrogens (tertiary/aromatic N) is 1. The van der Waals surface area contributed by atoms with E-state index in [1.165, 1.54) is 13.0 Å². The van der Waals surface area contributed by atoms with Crippen LogP contribution < -0.4 is 11.2 Å². The summed E-state index contributed by atoms with van der Waals surface area (Å²) in [5.74, 6) is -0.410. The van der Waals surface area contributed by atoms with Crippen LogP contribution in [0.15, 0.2) is 32.3 Å². The normalized spacial score (nSPS) is 10.6. The molecule has 0 bridgehead atoms. The van der Waals surface area contributed by atoms with Gasteiger partial charge in [0.05, 0.1) is 11.3 Å². The Hall–Kier alpha value is -1.53. The molecule has 0 aliphatic carbocycles. The fourth-order valence-electron chi connectivity index (χ4n) is 1.49. The van der Waals surface area contributed by atoms with Crippen molar-refractivity contribution in [2.24, 2.45) is 0 Å². The van der Waals surface area contributed by atoms with Gasteiger partial charge in [-0.1, -0.05) is 11.6 Å². The van der Waals surface area contributed by atoms with E-state index in [1.54, 1.807) is 12.1 Å². The number of H-pyrrole nitrogens is 1. The lowest BCUT2D eigenvalue weighted by molar-refractivity contribution is 0.426. The molecule has 0 radical (unpaired) electrons. The van der Waals surface area contributed by atoms with Crippen LogP contribution in [0.3, 0.4) is 0 Å². The molecule has 1 heterocycles. The van der Waals surface area contributed by atoms with Crippen molar-refractivity contribution in [1.29, 1.82) is 0 Å². The lowest BCUT2D eigenvalue weighted by atomic mass is 10.3. The number of benzene rings is 1. The van der Waals surface area contributed by atoms with Gasteiger partial charge in [-0.2, -0.15) is 0 Å². The van der Waals surface area contributed by atoms with Crippen molar-refractivity contribution in [1.82, 2.24) is 9.55 Å². The lowest BCUT2D eigenvalue weighted by Crippen LogP contribution is -2.30. The topological polar surface area (TPSA) is 75.1 Å². The van der Waals surface area contributed by atoms with Crippen molar-refractivity contribution >= 4 is 27.5 Å². The van der Waals surface area contributed by atoms with Gasteiger partial charge in [-0.15, -0.1) is 0 Å². The Balaban J connectivity index is 2.88. The van der Waals surface area contributed by atoms with Gasteiger partial charge in [0, 0.05) is 9.50 Å². The standard InChI is InChI=1S/C11H8BrClN2O3/c1-5-9(16)14-11(18)15(10(5)17)8-4-6(13)2-3-7(8)12/h2-4,17H,1H3,(H,14,16,18). The third-order valence-corrected chi connectivity index (χ3v) is 3.37. The molecule has 0 spiro atoms. The van der Waals surface area contributed by atoms with Crippen LogP contribution in [0.1, 0.15) is 5.56 Å². The monoisotopic (exact) mass is 330 g/mol. The van der Waals surface area contributed by atoms with Gasteiger partial charge in [-0.25, -0.2) is 9.36 Å². The zero-order valence-corrected chi connectivity index (χ0v) is 11.5. The smallest absolute Gasteiger partial charge is 0.335 e. The van der Waals surface area contributed by atoms with Crippen LogP contribution in [0.5, 0.6) is 5.88 Å². The molecule has 2 aromatic rings. The minimum Gasteiger partial charge on any atom is -0.494 e. The zero-order valence-electron chi connectivity index (χ0n) is 9.20. The first kappa shape index (κ1) is 12.9. The van der Waals surface area contributed by atoms with E-state index in [0.29, 0.717) is 15.2 Å². The average Bonchev–Trinajstić information content (AvgIpc) is 2.31. The van der Waals surface area contributed by atoms with Gasteiger partial charge >= 0.3 is 5.69 Å². The number of aromatic hydroxyl groups is 1. The second-order valence-electron chi connectivity index (χ2n) is 3.64. The molecular weight excluding hydrogens is 323 g/mol. The van der Waals surface area contributed by atoms with Gasteiger partial charge in [0.2, 0.25) is 5.88 Å². The van der Waals surface area contributed by atoms with Crippen LogP contribution in [-0.2, 0) is 0 Å². The highest BCUT2D eigenvalue weighted by atomic mass is 79.9. The van der Waals surface area contributed by atoms with Gasteiger partial charge in [-0.3, -0.25) is 9.78 Å². The fraction of sp³-hybridized carbons (Fsp3) is 0.0909. The van der Waals surface area contributed by atoms with E-state index >= 15 is 0 Å². The van der Waals surface area contributed by atoms with E-state index in [1.807, 2.05) is 0 Å². The van der Waals surface area contributed by atoms with Crippen LogP contribution in [0.25, 0.3) is 5.69 Å². The number of aromatic nitrogens is 2. The quantitative estimate of drug-likeness (QED) is 0.839. The molecule has 0 aliphatic heterocycles. The third-order valence-electron chi connectivity index (χ3n) is 2.46. The summed E-state index contributed by atoms with van der Waals surface area (Å²) in [6.07, 6.45) is 0. The zero-order chi connectivity index (χ0) is 13.4. The average molecular weight is 332 g/mol. The summed E-state index contributed by atoms with van der Waals surface area (Å²) in [4.78, 5) is 25.2. The highest BCUT2D eigenvalue weighted by Crippen LogP contribution is 2.26. The minimum atomic E-state index is -0.730. The summed E-state index contributed by atoms with van der Waals surface area (Å²) in [5, 5.41) is 10.3. The molecule has 1 aromatic carbocycles. The molecular formula is C11H8BrClN2O3. The lowest BCUT2D eigenvalue weighted by Gasteiger charge is -2.11. The molecule has 0 saturated heterocycles. The molecule has 5 nitrogen and oxygen atoms in total. The van der Waals surface area contributed by atoms with Crippen molar-refractivity contribution in [2.75, 3.05) is 0 Å². The molecule has 0 unspecified atom stereocenters. The number of aromatic amines is 1. The van der Waals surface area contributed by atoms with Gasteiger partial charge in [-0.05, 0) is 41.1 Å². The maximum absolute atomic E-state index is 11.8. The second-order valence-corrected chi connectivity index (χ2v) is 4.93. The number of hydrogen-bond acceptors (Lipinski definition) is 3. The fourth-order valence-corrected chi connectivity index (χ4v) is 2.08. The number of rotatable bonds is 1. The summed E-state index contributed by atoms with van der Waals surface area (Å²) in [6.45, 7) is 1.42. The predicted molar refractivity (Wildman–Crippen MR) is 71.8 cm³/mol. The summed E-state index contributed by atoms with van der Waals surface area (Å²) in [5.41, 5.74) is -0.941. The Morgan fingerprint density at radius 2 is 2.06 bits per heavy atom. The van der Waals surface area contributed by atoms with E-state index in [0.717, 1.165) is 4.57 Å². The molecule has 2 rings (SSSR count). The van der Waals surface area contributed by atoms with E-state index in [-0.39, 0.29) is 5.56 Å². The molecule has 0 fully saturated rings. The van der Waals surface area contributed by atoms with Crippen LogP contribution >= 0.6 is 27.5 Å². The Morgan fingerprint density at radius 1 is 1.39 bits per heavy atom. The van der Waals surface area contributed by atoms with Crippen molar-refractivity contribution < 1.29 is 5.11 Å². The Labute approximate surface area is 115 Å². The van der Waals surface area contributed by atoms with Gasteiger partial charge in [0.25, 0.3) is 5.56 Å². The van der Waals surface area contributed by atoms with E-state index in [9.17, 15) is 14.7 Å². The SMILES string of the molecule is Cc1c(O)n(-c2cc(Cl)ccc2Br)c(=O)[nH]c1=O. The molecule has 94 valence electrons. The third kappa shape index (κ3) is 2.09. The highest BCUT2D eigenvalue weighted by molar-refractivity contribution is 9.10. The molecule has 0 aliphatic rings. The van der Waals surface area contributed by atoms with Gasteiger partial charge < -0.3 is 5.11 Å². The summed E-state index contributed by atoms with van der Waals surface area (Å²) < 4.78 is 1.54. The highest BCUT2D eigenvalue weighted by Gasteiger charge is 2.14. The van der Waals surface area contributed by atoms with Crippen molar-refractivity contribution in [3.05, 3.63) is 54.1 Å². The van der Waals surface area contributed by atoms with Crippen LogP contribution in [0.2, 0.25) is 5.02 Å². The molecule has 0 atom stereocenters. The number of halogens is 2. The number of nitrogens with one attached hydrogen (secondary N) is 1. The van der Waals surface area contributed by atoms with E-state index in [4.69, 9.17) is 11.6 Å².